The van der Waals surface area contributed by atoms with Crippen molar-refractivity contribution in [2.45, 2.75) is 30.6 Å². The number of benzene rings is 1. The van der Waals surface area contributed by atoms with Crippen molar-refractivity contribution >= 4 is 33.7 Å². The Bertz CT molecular complexity index is 912. The average Bonchev–Trinajstić information content (AvgIpc) is 3.07. The summed E-state index contributed by atoms with van der Waals surface area (Å²) in [6, 6.07) is 6.02. The Morgan fingerprint density at radius 1 is 1.19 bits per heavy atom. The summed E-state index contributed by atoms with van der Waals surface area (Å²) in [7, 11) is -3.53. The molecule has 0 radical (unpaired) electrons. The summed E-state index contributed by atoms with van der Waals surface area (Å²) in [6.07, 6.45) is 2.19. The van der Waals surface area contributed by atoms with Gasteiger partial charge in [0.1, 0.15) is 12.4 Å². The fourth-order valence-electron chi connectivity index (χ4n) is 2.75. The molecule has 1 aromatic rings. The number of aliphatic imine (C=N–C) groups is 1. The van der Waals surface area contributed by atoms with Gasteiger partial charge in [0.25, 0.3) is 10.0 Å². The Hall–Kier alpha value is -2.95. The summed E-state index contributed by atoms with van der Waals surface area (Å²) < 4.78 is 26.4. The molecule has 0 spiro atoms. The lowest BCUT2D eigenvalue weighted by Gasteiger charge is -2.14. The van der Waals surface area contributed by atoms with Crippen molar-refractivity contribution in [2.75, 3.05) is 13.1 Å². The number of imide groups is 1. The fourth-order valence-corrected chi connectivity index (χ4v) is 4.01. The van der Waals surface area contributed by atoms with Gasteiger partial charge in [-0.2, -0.15) is 0 Å². The highest BCUT2D eigenvalue weighted by Gasteiger charge is 2.30. The molecule has 3 rings (SSSR count). The summed E-state index contributed by atoms with van der Waals surface area (Å²) in [5, 5.41) is 3.01. The van der Waals surface area contributed by atoms with Gasteiger partial charge >= 0.3 is 6.03 Å². The molecule has 0 atom stereocenters. The molecule has 3 N–H and O–H groups in total. The molecule has 1 saturated heterocycles. The zero-order chi connectivity index (χ0) is 19.4. The zero-order valence-corrected chi connectivity index (χ0v) is 15.2. The second-order valence-corrected chi connectivity index (χ2v) is 7.77. The van der Waals surface area contributed by atoms with Crippen LogP contribution in [0.25, 0.3) is 0 Å². The molecule has 11 heteroatoms. The predicted octanol–water partition coefficient (Wildman–Crippen LogP) is -0.131. The monoisotopic (exact) mass is 393 g/mol. The van der Waals surface area contributed by atoms with Gasteiger partial charge in [-0.05, 0) is 25.0 Å². The highest BCUT2D eigenvalue weighted by Crippen LogP contribution is 2.22. The van der Waals surface area contributed by atoms with Gasteiger partial charge in [0.2, 0.25) is 11.8 Å². The number of nitrogens with zero attached hydrogens (tertiary/aromatic N) is 2. The number of sulfonamides is 1. The second kappa shape index (κ2) is 7.74. The molecule has 1 aromatic carbocycles. The van der Waals surface area contributed by atoms with Gasteiger partial charge in [-0.15, -0.1) is 0 Å². The molecular formula is C16H19N5O5S. The van der Waals surface area contributed by atoms with Crippen molar-refractivity contribution in [3.63, 3.8) is 0 Å². The molecule has 27 heavy (non-hydrogen) atoms. The SMILES string of the molecule is O=C1CN(NC(=O)CCCCCN=C2NS(=O)(=O)c3ccccc32)C(=O)N1. The molecule has 144 valence electrons. The predicted molar refractivity (Wildman–Crippen MR) is 95.0 cm³/mol. The number of hydrogen-bond donors (Lipinski definition) is 3. The van der Waals surface area contributed by atoms with Gasteiger partial charge in [-0.1, -0.05) is 18.6 Å². The van der Waals surface area contributed by atoms with Gasteiger partial charge in [0.05, 0.1) is 4.90 Å². The van der Waals surface area contributed by atoms with E-state index in [2.05, 4.69) is 20.5 Å². The molecule has 1 fully saturated rings. The molecule has 2 heterocycles. The number of hydrazine groups is 1. The highest BCUT2D eigenvalue weighted by atomic mass is 32.2. The molecular weight excluding hydrogens is 374 g/mol. The number of carbonyl (C=O) groups is 3. The van der Waals surface area contributed by atoms with Crippen molar-refractivity contribution < 1.29 is 22.8 Å². The van der Waals surface area contributed by atoms with Crippen molar-refractivity contribution in [3.8, 4) is 0 Å². The number of rotatable bonds is 7. The van der Waals surface area contributed by atoms with E-state index in [4.69, 9.17) is 0 Å². The maximum Gasteiger partial charge on any atom is 0.343 e. The summed E-state index contributed by atoms with van der Waals surface area (Å²) in [4.78, 5) is 38.6. The van der Waals surface area contributed by atoms with Crippen LogP contribution < -0.4 is 15.5 Å². The Labute approximate surface area is 156 Å². The quantitative estimate of drug-likeness (QED) is 0.438. The van der Waals surface area contributed by atoms with Gasteiger partial charge < -0.3 is 0 Å². The summed E-state index contributed by atoms with van der Waals surface area (Å²) in [5.41, 5.74) is 2.94. The van der Waals surface area contributed by atoms with E-state index in [0.717, 1.165) is 5.01 Å². The minimum Gasteiger partial charge on any atom is -0.275 e. The lowest BCUT2D eigenvalue weighted by molar-refractivity contribution is -0.125. The Morgan fingerprint density at radius 3 is 2.70 bits per heavy atom. The molecule has 2 aliphatic rings. The van der Waals surface area contributed by atoms with Crippen LogP contribution in [0.3, 0.4) is 0 Å². The van der Waals surface area contributed by atoms with E-state index in [1.54, 1.807) is 18.2 Å². The zero-order valence-electron chi connectivity index (χ0n) is 14.4. The topological polar surface area (TPSA) is 137 Å². The first kappa shape index (κ1) is 18.8. The van der Waals surface area contributed by atoms with E-state index >= 15 is 0 Å². The molecule has 0 aliphatic carbocycles. The number of unbranched alkanes of at least 4 members (excludes halogenated alkanes) is 2. The fraction of sp³-hybridized carbons (Fsp3) is 0.375. The Balaban J connectivity index is 1.39. The third-order valence-corrected chi connectivity index (χ3v) is 5.44. The number of amidine groups is 1. The maximum absolute atomic E-state index is 12.0. The molecule has 0 unspecified atom stereocenters. The van der Waals surface area contributed by atoms with Gasteiger partial charge in [-0.25, -0.2) is 18.2 Å². The second-order valence-electron chi connectivity index (χ2n) is 6.12. The number of nitrogens with one attached hydrogen (secondary N) is 3. The first-order chi connectivity index (χ1) is 12.9. The Morgan fingerprint density at radius 2 is 1.96 bits per heavy atom. The molecule has 4 amide bonds. The molecule has 0 saturated carbocycles. The van der Waals surface area contributed by atoms with Crippen LogP contribution in [0.2, 0.25) is 0 Å². The van der Waals surface area contributed by atoms with Gasteiger partial charge in [-0.3, -0.25) is 30.0 Å². The first-order valence-electron chi connectivity index (χ1n) is 8.44. The normalized spacial score (nSPS) is 19.0. The number of amides is 4. The molecule has 0 aromatic heterocycles. The van der Waals surface area contributed by atoms with Gasteiger partial charge in [0.15, 0.2) is 0 Å². The third kappa shape index (κ3) is 4.42. The van der Waals surface area contributed by atoms with Crippen LogP contribution in [-0.2, 0) is 19.6 Å². The highest BCUT2D eigenvalue weighted by molar-refractivity contribution is 7.90. The lowest BCUT2D eigenvalue weighted by Crippen LogP contribution is -2.44. The van der Waals surface area contributed by atoms with Crippen LogP contribution in [0.1, 0.15) is 31.2 Å². The van der Waals surface area contributed by atoms with Crippen LogP contribution in [0.4, 0.5) is 4.79 Å². The third-order valence-electron chi connectivity index (χ3n) is 4.05. The number of urea groups is 1. The van der Waals surface area contributed by atoms with Crippen molar-refractivity contribution in [1.82, 2.24) is 20.5 Å². The number of hydrogen-bond acceptors (Lipinski definition) is 6. The molecule has 0 bridgehead atoms. The summed E-state index contributed by atoms with van der Waals surface area (Å²) >= 11 is 0. The van der Waals surface area contributed by atoms with E-state index in [-0.39, 0.29) is 23.8 Å². The van der Waals surface area contributed by atoms with Crippen LogP contribution in [0.5, 0.6) is 0 Å². The van der Waals surface area contributed by atoms with Gasteiger partial charge in [0, 0.05) is 18.5 Å². The van der Waals surface area contributed by atoms with E-state index < -0.39 is 22.0 Å². The van der Waals surface area contributed by atoms with Crippen LogP contribution >= 0.6 is 0 Å². The summed E-state index contributed by atoms with van der Waals surface area (Å²) in [6.45, 7) is 0.246. The van der Waals surface area contributed by atoms with E-state index in [9.17, 15) is 22.8 Å². The van der Waals surface area contributed by atoms with Crippen molar-refractivity contribution in [1.29, 1.82) is 0 Å². The maximum atomic E-state index is 12.0. The van der Waals surface area contributed by atoms with E-state index in [0.29, 0.717) is 37.2 Å². The van der Waals surface area contributed by atoms with Crippen LogP contribution in [0, 0.1) is 0 Å². The molecule has 10 nitrogen and oxygen atoms in total. The van der Waals surface area contributed by atoms with E-state index in [1.807, 2.05) is 0 Å². The summed E-state index contributed by atoms with van der Waals surface area (Å²) in [5.74, 6) is -0.458. The number of fused-ring (bicyclic) bond motifs is 1. The van der Waals surface area contributed by atoms with Crippen LogP contribution in [-0.4, -0.2) is 50.2 Å². The minimum absolute atomic E-state index is 0.181. The minimum atomic E-state index is -3.53. The number of carbonyl (C=O) groups excluding carboxylic acids is 3. The van der Waals surface area contributed by atoms with Crippen molar-refractivity contribution in [3.05, 3.63) is 29.8 Å². The van der Waals surface area contributed by atoms with Crippen LogP contribution in [0.15, 0.2) is 34.2 Å². The standard InChI is InChI=1S/C16H19N5O5S/c22-13(19-21-10-14(23)18-16(21)24)8-2-1-5-9-17-15-11-6-3-4-7-12(11)27(25,26)20-15/h3-4,6-7H,1-2,5,8-10H2,(H,17,20)(H,19,22)(H,18,23,24). The smallest absolute Gasteiger partial charge is 0.275 e. The average molecular weight is 393 g/mol. The Kier molecular flexibility index (Phi) is 5.40. The largest absolute Gasteiger partial charge is 0.343 e. The van der Waals surface area contributed by atoms with Crippen molar-refractivity contribution in [2.24, 2.45) is 4.99 Å². The van der Waals surface area contributed by atoms with E-state index in [1.165, 1.54) is 6.07 Å². The molecule has 2 aliphatic heterocycles. The lowest BCUT2D eigenvalue weighted by atomic mass is 10.2. The first-order valence-corrected chi connectivity index (χ1v) is 9.92.